The molecule has 2 aromatic carbocycles. The molecule has 2 N–H and O–H groups in total. The lowest BCUT2D eigenvalue weighted by Crippen LogP contribution is -2.32. The largest absolute Gasteiger partial charge is 0.215 e. The molecule has 0 radical (unpaired) electrons. The highest BCUT2D eigenvalue weighted by atomic mass is 32.2. The van der Waals surface area contributed by atoms with Crippen LogP contribution < -0.4 is 9.44 Å². The summed E-state index contributed by atoms with van der Waals surface area (Å²) in [5, 5.41) is -0.472. The first-order chi connectivity index (χ1) is 13.0. The van der Waals surface area contributed by atoms with Crippen molar-refractivity contribution in [2.75, 3.05) is 12.8 Å². The number of nitrogens with one attached hydrogen (secondary N) is 2. The lowest BCUT2D eigenvalue weighted by molar-refractivity contribution is 0.558. The fourth-order valence-corrected chi connectivity index (χ4v) is 4.03. The molecule has 28 heavy (non-hydrogen) atoms. The molecule has 0 saturated heterocycles. The summed E-state index contributed by atoms with van der Waals surface area (Å²) in [7, 11) is -6.49. The summed E-state index contributed by atoms with van der Waals surface area (Å²) in [6.45, 7) is 5.50. The second kappa shape index (κ2) is 9.17. The van der Waals surface area contributed by atoms with Crippen LogP contribution >= 0.6 is 0 Å². The summed E-state index contributed by atoms with van der Waals surface area (Å²) in [6, 6.07) is 15.4. The van der Waals surface area contributed by atoms with Gasteiger partial charge in [0.25, 0.3) is 0 Å². The standard InChI is InChI=1S/C20H28N2O4S2/c1-15(2)28(25,26)22-16(3)18-9-11-20(12-10-18)19-7-5-17(6-8-19)13-14-21-27(4,23)24/h5-12,15-16,21-22H,13-14H2,1-4H3. The van der Waals surface area contributed by atoms with Crippen molar-refractivity contribution in [3.05, 3.63) is 59.7 Å². The summed E-state index contributed by atoms with van der Waals surface area (Å²) in [4.78, 5) is 0. The molecule has 6 nitrogen and oxygen atoms in total. The van der Waals surface area contributed by atoms with Crippen LogP contribution in [0.25, 0.3) is 11.1 Å². The monoisotopic (exact) mass is 424 g/mol. The van der Waals surface area contributed by atoms with Gasteiger partial charge < -0.3 is 0 Å². The molecule has 0 aromatic heterocycles. The zero-order valence-electron chi connectivity index (χ0n) is 16.6. The van der Waals surface area contributed by atoms with Gasteiger partial charge in [-0.2, -0.15) is 0 Å². The molecule has 0 spiro atoms. The van der Waals surface area contributed by atoms with Gasteiger partial charge in [-0.15, -0.1) is 0 Å². The zero-order chi connectivity index (χ0) is 20.9. The van der Waals surface area contributed by atoms with Gasteiger partial charge in [-0.1, -0.05) is 48.5 Å². The molecule has 0 bridgehead atoms. The molecule has 0 heterocycles. The zero-order valence-corrected chi connectivity index (χ0v) is 18.3. The minimum Gasteiger partial charge on any atom is -0.215 e. The van der Waals surface area contributed by atoms with Crippen molar-refractivity contribution >= 4 is 20.0 Å². The molecular weight excluding hydrogens is 396 g/mol. The Morgan fingerprint density at radius 3 is 1.79 bits per heavy atom. The minimum absolute atomic E-state index is 0.300. The quantitative estimate of drug-likeness (QED) is 0.647. The maximum atomic E-state index is 12.0. The van der Waals surface area contributed by atoms with E-state index in [1.54, 1.807) is 13.8 Å². The van der Waals surface area contributed by atoms with Gasteiger partial charge in [0.1, 0.15) is 0 Å². The number of hydrogen-bond donors (Lipinski definition) is 2. The van der Waals surface area contributed by atoms with E-state index in [-0.39, 0.29) is 6.04 Å². The topological polar surface area (TPSA) is 92.3 Å². The van der Waals surface area contributed by atoms with E-state index >= 15 is 0 Å². The smallest absolute Gasteiger partial charge is 0.214 e. The third-order valence-electron chi connectivity index (χ3n) is 4.44. The van der Waals surface area contributed by atoms with Crippen LogP contribution in [0.5, 0.6) is 0 Å². The second-order valence-corrected chi connectivity index (χ2v) is 11.3. The molecular formula is C20H28N2O4S2. The van der Waals surface area contributed by atoms with E-state index in [2.05, 4.69) is 9.44 Å². The van der Waals surface area contributed by atoms with Crippen LogP contribution in [0.2, 0.25) is 0 Å². The molecule has 0 aliphatic rings. The molecule has 2 rings (SSSR count). The van der Waals surface area contributed by atoms with Crippen LogP contribution in [0.1, 0.15) is 37.9 Å². The van der Waals surface area contributed by atoms with Gasteiger partial charge in [0.15, 0.2) is 0 Å². The third kappa shape index (κ3) is 6.70. The summed E-state index contributed by atoms with van der Waals surface area (Å²) in [5.74, 6) is 0. The highest BCUT2D eigenvalue weighted by Gasteiger charge is 2.19. The van der Waals surface area contributed by atoms with Gasteiger partial charge in [0, 0.05) is 12.6 Å². The van der Waals surface area contributed by atoms with Crippen LogP contribution in [0.4, 0.5) is 0 Å². The maximum absolute atomic E-state index is 12.0. The van der Waals surface area contributed by atoms with E-state index in [9.17, 15) is 16.8 Å². The Kier molecular flexibility index (Phi) is 7.39. The molecule has 0 fully saturated rings. The van der Waals surface area contributed by atoms with Crippen molar-refractivity contribution in [3.63, 3.8) is 0 Å². The van der Waals surface area contributed by atoms with Gasteiger partial charge in [0.2, 0.25) is 20.0 Å². The van der Waals surface area contributed by atoms with Gasteiger partial charge in [-0.05, 0) is 49.4 Å². The Labute approximate surface area is 168 Å². The summed E-state index contributed by atoms with van der Waals surface area (Å²) < 4.78 is 51.4. The fraction of sp³-hybridized carbons (Fsp3) is 0.400. The van der Waals surface area contributed by atoms with E-state index in [1.807, 2.05) is 55.5 Å². The van der Waals surface area contributed by atoms with Crippen LogP contribution in [-0.4, -0.2) is 34.9 Å². The van der Waals surface area contributed by atoms with Gasteiger partial charge in [0.05, 0.1) is 11.5 Å². The molecule has 0 saturated carbocycles. The van der Waals surface area contributed by atoms with E-state index < -0.39 is 25.3 Å². The highest BCUT2D eigenvalue weighted by Crippen LogP contribution is 2.23. The molecule has 2 aromatic rings. The average Bonchev–Trinajstić information content (AvgIpc) is 2.61. The van der Waals surface area contributed by atoms with Crippen LogP contribution in [0.3, 0.4) is 0 Å². The van der Waals surface area contributed by atoms with Gasteiger partial charge >= 0.3 is 0 Å². The van der Waals surface area contributed by atoms with Crippen LogP contribution in [-0.2, 0) is 26.5 Å². The first-order valence-electron chi connectivity index (χ1n) is 9.13. The Balaban J connectivity index is 2.03. The first-order valence-corrected chi connectivity index (χ1v) is 12.6. The third-order valence-corrected chi connectivity index (χ3v) is 7.09. The van der Waals surface area contributed by atoms with Gasteiger partial charge in [-0.25, -0.2) is 26.3 Å². The molecule has 0 amide bonds. The minimum atomic E-state index is -3.32. The predicted octanol–water partition coefficient (Wildman–Crippen LogP) is 2.83. The molecule has 1 atom stereocenters. The SMILES string of the molecule is CC(NS(=O)(=O)C(C)C)c1ccc(-c2ccc(CCNS(C)(=O)=O)cc2)cc1. The predicted molar refractivity (Wildman–Crippen MR) is 114 cm³/mol. The second-order valence-electron chi connectivity index (χ2n) is 7.17. The number of sulfonamides is 2. The fourth-order valence-electron chi connectivity index (χ4n) is 2.66. The summed E-state index contributed by atoms with van der Waals surface area (Å²) in [6.07, 6.45) is 1.77. The van der Waals surface area contributed by atoms with Crippen molar-refractivity contribution in [2.45, 2.75) is 38.5 Å². The lowest BCUT2D eigenvalue weighted by atomic mass is 10.00. The van der Waals surface area contributed by atoms with Gasteiger partial charge in [-0.3, -0.25) is 0 Å². The molecule has 8 heteroatoms. The molecule has 1 unspecified atom stereocenters. The van der Waals surface area contributed by atoms with Crippen LogP contribution in [0, 0.1) is 0 Å². The Morgan fingerprint density at radius 2 is 1.32 bits per heavy atom. The highest BCUT2D eigenvalue weighted by molar-refractivity contribution is 7.90. The Hall–Kier alpha value is -1.74. The average molecular weight is 425 g/mol. The lowest BCUT2D eigenvalue weighted by Gasteiger charge is -2.17. The summed E-state index contributed by atoms with van der Waals surface area (Å²) in [5.41, 5.74) is 4.02. The summed E-state index contributed by atoms with van der Waals surface area (Å²) >= 11 is 0. The molecule has 0 aliphatic heterocycles. The van der Waals surface area contributed by atoms with E-state index in [1.165, 1.54) is 0 Å². The Bertz CT molecular complexity index is 982. The van der Waals surface area contributed by atoms with E-state index in [4.69, 9.17) is 0 Å². The van der Waals surface area contributed by atoms with Crippen molar-refractivity contribution in [2.24, 2.45) is 0 Å². The van der Waals surface area contributed by atoms with Crippen molar-refractivity contribution in [1.29, 1.82) is 0 Å². The number of benzene rings is 2. The van der Waals surface area contributed by atoms with E-state index in [0.29, 0.717) is 13.0 Å². The van der Waals surface area contributed by atoms with Crippen molar-refractivity contribution in [3.8, 4) is 11.1 Å². The van der Waals surface area contributed by atoms with Crippen molar-refractivity contribution < 1.29 is 16.8 Å². The molecule has 154 valence electrons. The number of rotatable bonds is 9. The Morgan fingerprint density at radius 1 is 0.821 bits per heavy atom. The van der Waals surface area contributed by atoms with E-state index in [0.717, 1.165) is 28.5 Å². The maximum Gasteiger partial charge on any atom is 0.214 e. The van der Waals surface area contributed by atoms with Crippen molar-refractivity contribution in [1.82, 2.24) is 9.44 Å². The first kappa shape index (κ1) is 22.5. The normalized spacial score (nSPS) is 13.6. The van der Waals surface area contributed by atoms with Crippen LogP contribution in [0.15, 0.2) is 48.5 Å². The molecule has 0 aliphatic carbocycles. The number of hydrogen-bond acceptors (Lipinski definition) is 4.